The molecule has 0 aliphatic heterocycles. The smallest absolute Gasteiger partial charge is 0.350 e. The van der Waals surface area contributed by atoms with Gasteiger partial charge in [-0.25, -0.2) is 9.59 Å². The molecule has 0 saturated carbocycles. The van der Waals surface area contributed by atoms with Crippen molar-refractivity contribution in [2.45, 2.75) is 39.7 Å². The molecule has 126 valence electrons. The normalized spacial score (nSPS) is 11.0. The molecule has 0 aromatic carbocycles. The Morgan fingerprint density at radius 3 is 1.87 bits per heavy atom. The van der Waals surface area contributed by atoms with Crippen LogP contribution in [-0.4, -0.2) is 46.6 Å². The maximum atomic E-state index is 12.4. The van der Waals surface area contributed by atoms with E-state index >= 15 is 0 Å². The molecular formula is C16H21NO6. The first kappa shape index (κ1) is 18.8. The number of ether oxygens (including phenoxy) is 2. The second kappa shape index (κ2) is 7.82. The fourth-order valence-electron chi connectivity index (χ4n) is 2.06. The molecule has 1 rings (SSSR count). The standard InChI is InChI=1S/C16H21NO6/c1-5-22-14(19)16(21,15(20)23-6-2)9-13(18)12-7-10(3)17-11(4)8-12/h7-8,21H,5-6,9H2,1-4H3. The van der Waals surface area contributed by atoms with Crippen molar-refractivity contribution >= 4 is 17.7 Å². The Balaban J connectivity index is 3.11. The SMILES string of the molecule is CCOC(=O)C(O)(CC(=O)c1cc(C)nc(C)c1)C(=O)OCC. The summed E-state index contributed by atoms with van der Waals surface area (Å²) in [4.78, 5) is 40.4. The Morgan fingerprint density at radius 2 is 1.48 bits per heavy atom. The molecule has 0 fully saturated rings. The number of ketones is 1. The Morgan fingerprint density at radius 1 is 1.04 bits per heavy atom. The van der Waals surface area contributed by atoms with Crippen molar-refractivity contribution < 1.29 is 29.0 Å². The number of carbonyl (C=O) groups is 3. The van der Waals surface area contributed by atoms with Gasteiger partial charge in [-0.2, -0.15) is 0 Å². The summed E-state index contributed by atoms with van der Waals surface area (Å²) in [7, 11) is 0. The van der Waals surface area contributed by atoms with Crippen LogP contribution in [0.4, 0.5) is 0 Å². The van der Waals surface area contributed by atoms with Gasteiger partial charge < -0.3 is 14.6 Å². The van der Waals surface area contributed by atoms with Gasteiger partial charge in [0.1, 0.15) is 0 Å². The van der Waals surface area contributed by atoms with Crippen molar-refractivity contribution in [1.29, 1.82) is 0 Å². The van der Waals surface area contributed by atoms with Crippen LogP contribution >= 0.6 is 0 Å². The minimum absolute atomic E-state index is 0.0395. The lowest BCUT2D eigenvalue weighted by molar-refractivity contribution is -0.182. The van der Waals surface area contributed by atoms with Gasteiger partial charge in [0.25, 0.3) is 5.60 Å². The highest BCUT2D eigenvalue weighted by Gasteiger charge is 2.49. The largest absolute Gasteiger partial charge is 0.463 e. The van der Waals surface area contributed by atoms with Crippen molar-refractivity contribution in [2.75, 3.05) is 13.2 Å². The predicted molar refractivity (Wildman–Crippen MR) is 80.9 cm³/mol. The van der Waals surface area contributed by atoms with E-state index in [0.29, 0.717) is 11.4 Å². The van der Waals surface area contributed by atoms with Crippen molar-refractivity contribution in [3.05, 3.63) is 29.1 Å². The van der Waals surface area contributed by atoms with Gasteiger partial charge in [0.15, 0.2) is 5.78 Å². The van der Waals surface area contributed by atoms with Crippen molar-refractivity contribution in [3.8, 4) is 0 Å². The fourth-order valence-corrected chi connectivity index (χ4v) is 2.06. The minimum Gasteiger partial charge on any atom is -0.463 e. The lowest BCUT2D eigenvalue weighted by Crippen LogP contribution is -2.50. The van der Waals surface area contributed by atoms with Gasteiger partial charge in [-0.3, -0.25) is 9.78 Å². The number of carbonyl (C=O) groups excluding carboxylic acids is 3. The number of rotatable bonds is 7. The second-order valence-corrected chi connectivity index (χ2v) is 5.04. The number of hydrogen-bond donors (Lipinski definition) is 1. The number of aromatic nitrogens is 1. The quantitative estimate of drug-likeness (QED) is 0.456. The zero-order chi connectivity index (χ0) is 17.6. The highest BCUT2D eigenvalue weighted by atomic mass is 16.6. The summed E-state index contributed by atoms with van der Waals surface area (Å²) in [5.74, 6) is -2.98. The Kier molecular flexibility index (Phi) is 6.38. The zero-order valence-electron chi connectivity index (χ0n) is 13.7. The first-order valence-corrected chi connectivity index (χ1v) is 7.29. The predicted octanol–water partition coefficient (Wildman–Crippen LogP) is 1.13. The highest BCUT2D eigenvalue weighted by molar-refractivity contribution is 6.10. The van der Waals surface area contributed by atoms with Gasteiger partial charge >= 0.3 is 11.9 Å². The summed E-state index contributed by atoms with van der Waals surface area (Å²) in [6.07, 6.45) is -0.756. The van der Waals surface area contributed by atoms with Crippen molar-refractivity contribution in [2.24, 2.45) is 0 Å². The van der Waals surface area contributed by atoms with Crippen LogP contribution in [-0.2, 0) is 19.1 Å². The highest BCUT2D eigenvalue weighted by Crippen LogP contribution is 2.20. The number of aryl methyl sites for hydroxylation is 2. The topological polar surface area (TPSA) is 103 Å². The van der Waals surface area contributed by atoms with E-state index in [1.807, 2.05) is 0 Å². The van der Waals surface area contributed by atoms with E-state index in [-0.39, 0.29) is 18.8 Å². The van der Waals surface area contributed by atoms with Gasteiger partial charge in [0.2, 0.25) is 0 Å². The fraction of sp³-hybridized carbons (Fsp3) is 0.500. The number of nitrogens with zero attached hydrogens (tertiary/aromatic N) is 1. The van der Waals surface area contributed by atoms with Crippen LogP contribution in [0, 0.1) is 13.8 Å². The van der Waals surface area contributed by atoms with Crippen LogP contribution in [0.3, 0.4) is 0 Å². The van der Waals surface area contributed by atoms with Crippen LogP contribution in [0.2, 0.25) is 0 Å². The van der Waals surface area contributed by atoms with Crippen LogP contribution in [0.15, 0.2) is 12.1 Å². The van der Waals surface area contributed by atoms with Crippen molar-refractivity contribution in [3.63, 3.8) is 0 Å². The number of pyridine rings is 1. The first-order chi connectivity index (χ1) is 10.7. The number of esters is 2. The molecule has 0 bridgehead atoms. The van der Waals surface area contributed by atoms with E-state index in [1.54, 1.807) is 13.8 Å². The van der Waals surface area contributed by atoms with Gasteiger partial charge in [-0.15, -0.1) is 0 Å². The molecule has 0 spiro atoms. The summed E-state index contributed by atoms with van der Waals surface area (Å²) in [5, 5.41) is 10.4. The Hall–Kier alpha value is -2.28. The van der Waals surface area contributed by atoms with Crippen molar-refractivity contribution in [1.82, 2.24) is 4.98 Å². The third-order valence-corrected chi connectivity index (χ3v) is 3.05. The molecule has 7 nitrogen and oxygen atoms in total. The average Bonchev–Trinajstić information content (AvgIpc) is 2.46. The van der Waals surface area contributed by atoms with E-state index in [4.69, 9.17) is 9.47 Å². The van der Waals surface area contributed by atoms with Crippen LogP contribution in [0.1, 0.15) is 42.0 Å². The minimum atomic E-state index is -2.66. The molecule has 0 radical (unpaired) electrons. The van der Waals surface area contributed by atoms with E-state index in [9.17, 15) is 19.5 Å². The second-order valence-electron chi connectivity index (χ2n) is 5.04. The van der Waals surface area contributed by atoms with Gasteiger partial charge in [0.05, 0.1) is 19.6 Å². The van der Waals surface area contributed by atoms with Gasteiger partial charge in [-0.1, -0.05) is 0 Å². The zero-order valence-corrected chi connectivity index (χ0v) is 13.7. The molecule has 7 heteroatoms. The molecule has 0 saturated heterocycles. The molecule has 0 aliphatic rings. The summed E-state index contributed by atoms with van der Waals surface area (Å²) < 4.78 is 9.41. The molecule has 1 aromatic rings. The lowest BCUT2D eigenvalue weighted by Gasteiger charge is -2.23. The van der Waals surface area contributed by atoms with Crippen LogP contribution in [0.5, 0.6) is 0 Å². The summed E-state index contributed by atoms with van der Waals surface area (Å²) in [5.41, 5.74) is -1.18. The lowest BCUT2D eigenvalue weighted by atomic mass is 9.93. The van der Waals surface area contributed by atoms with Gasteiger partial charge in [0, 0.05) is 17.0 Å². The molecule has 1 heterocycles. The molecule has 0 unspecified atom stereocenters. The molecule has 1 N–H and O–H groups in total. The third-order valence-electron chi connectivity index (χ3n) is 3.05. The number of hydrogen-bond acceptors (Lipinski definition) is 7. The van der Waals surface area contributed by atoms with E-state index in [0.717, 1.165) is 0 Å². The molecular weight excluding hydrogens is 302 g/mol. The Bertz CT molecular complexity index is 572. The van der Waals surface area contributed by atoms with E-state index in [1.165, 1.54) is 26.0 Å². The van der Waals surface area contributed by atoms with E-state index < -0.39 is 29.7 Å². The van der Waals surface area contributed by atoms with Gasteiger partial charge in [-0.05, 0) is 39.8 Å². The summed E-state index contributed by atoms with van der Waals surface area (Å²) in [6.45, 7) is 6.41. The Labute approximate surface area is 134 Å². The molecule has 1 aromatic heterocycles. The molecule has 0 atom stereocenters. The number of aliphatic hydroxyl groups is 1. The molecule has 0 aliphatic carbocycles. The first-order valence-electron chi connectivity index (χ1n) is 7.29. The van der Waals surface area contributed by atoms with E-state index in [2.05, 4.69) is 4.98 Å². The summed E-state index contributed by atoms with van der Waals surface area (Å²) in [6, 6.07) is 3.04. The summed E-state index contributed by atoms with van der Waals surface area (Å²) >= 11 is 0. The molecule has 23 heavy (non-hydrogen) atoms. The van der Waals surface area contributed by atoms with Crippen LogP contribution in [0.25, 0.3) is 0 Å². The maximum absolute atomic E-state index is 12.4. The molecule has 0 amide bonds. The average molecular weight is 323 g/mol. The van der Waals surface area contributed by atoms with Crippen LogP contribution < -0.4 is 0 Å². The number of Topliss-reactive ketones (excluding diaryl/α,β-unsaturated/α-hetero) is 1. The third kappa shape index (κ3) is 4.59. The monoisotopic (exact) mass is 323 g/mol. The maximum Gasteiger partial charge on any atom is 0.350 e.